The first-order valence-electron chi connectivity index (χ1n) is 8.82. The van der Waals surface area contributed by atoms with Crippen LogP contribution in [-0.4, -0.2) is 44.5 Å². The van der Waals surface area contributed by atoms with Gasteiger partial charge in [-0.1, -0.05) is 18.2 Å². The predicted molar refractivity (Wildman–Crippen MR) is 101 cm³/mol. The lowest BCUT2D eigenvalue weighted by Crippen LogP contribution is -2.41. The van der Waals surface area contributed by atoms with Gasteiger partial charge >= 0.3 is 5.97 Å². The van der Waals surface area contributed by atoms with Gasteiger partial charge in [-0.05, 0) is 49.2 Å². The lowest BCUT2D eigenvalue weighted by atomic mass is 10.1. The zero-order chi connectivity index (χ0) is 20.5. The van der Waals surface area contributed by atoms with E-state index >= 15 is 0 Å². The molecule has 6 nitrogen and oxygen atoms in total. The second kappa shape index (κ2) is 7.89. The molecule has 0 bridgehead atoms. The van der Waals surface area contributed by atoms with Crippen LogP contribution < -0.4 is 4.74 Å². The molecule has 150 valence electrons. The number of esters is 1. The number of hydrogen-bond donors (Lipinski definition) is 0. The van der Waals surface area contributed by atoms with E-state index in [1.54, 1.807) is 18.2 Å². The Bertz CT molecular complexity index is 992. The fourth-order valence-electron chi connectivity index (χ4n) is 3.20. The van der Waals surface area contributed by atoms with Crippen molar-refractivity contribution in [2.75, 3.05) is 13.7 Å². The Hall–Kier alpha value is -2.45. The van der Waals surface area contributed by atoms with Gasteiger partial charge < -0.3 is 9.47 Å². The Kier molecular flexibility index (Phi) is 5.71. The fourth-order valence-corrected chi connectivity index (χ4v) is 4.91. The second-order valence-corrected chi connectivity index (χ2v) is 8.66. The Morgan fingerprint density at radius 3 is 2.50 bits per heavy atom. The summed E-state index contributed by atoms with van der Waals surface area (Å²) in [4.78, 5) is 12.3. The van der Waals surface area contributed by atoms with Crippen LogP contribution in [0.2, 0.25) is 0 Å². The van der Waals surface area contributed by atoms with Crippen molar-refractivity contribution in [3.63, 3.8) is 0 Å². The van der Waals surface area contributed by atoms with Gasteiger partial charge in [0.15, 0.2) is 11.6 Å². The number of para-hydroxylation sites is 1. The van der Waals surface area contributed by atoms with E-state index in [1.165, 1.54) is 31.4 Å². The minimum atomic E-state index is -3.96. The minimum absolute atomic E-state index is 0.0153. The minimum Gasteiger partial charge on any atom is -0.486 e. The number of sulfonamides is 1. The molecule has 1 aliphatic rings. The summed E-state index contributed by atoms with van der Waals surface area (Å²) in [6.45, 7) is 3.63. The molecule has 0 aromatic heterocycles. The van der Waals surface area contributed by atoms with Gasteiger partial charge in [-0.15, -0.1) is 0 Å². The third-order valence-corrected chi connectivity index (χ3v) is 6.78. The molecule has 2 atom stereocenters. The second-order valence-electron chi connectivity index (χ2n) is 6.77. The molecule has 1 aliphatic heterocycles. The van der Waals surface area contributed by atoms with Gasteiger partial charge in [0.25, 0.3) is 0 Å². The number of benzene rings is 2. The number of carbonyl (C=O) groups is 1. The number of nitrogens with zero attached hydrogens (tertiary/aromatic N) is 1. The number of hydrogen-bond acceptors (Lipinski definition) is 5. The highest BCUT2D eigenvalue weighted by atomic mass is 32.2. The molecule has 0 N–H and O–H groups in total. The standard InChI is InChI=1S/C20H22FNO5S/c1-13-8-9-16(10-14(13)2)28(24,25)22-12-15(11-18(22)20(23)26-3)27-19-7-5-4-6-17(19)21/h4-10,15,18H,11-12H2,1-3H3. The summed E-state index contributed by atoms with van der Waals surface area (Å²) in [5, 5.41) is 0. The van der Waals surface area contributed by atoms with Crippen LogP contribution in [0.15, 0.2) is 47.4 Å². The van der Waals surface area contributed by atoms with Gasteiger partial charge in [-0.25, -0.2) is 12.8 Å². The summed E-state index contributed by atoms with van der Waals surface area (Å²) >= 11 is 0. The van der Waals surface area contributed by atoms with Crippen molar-refractivity contribution in [1.29, 1.82) is 0 Å². The van der Waals surface area contributed by atoms with Crippen molar-refractivity contribution in [2.24, 2.45) is 0 Å². The third-order valence-electron chi connectivity index (χ3n) is 4.91. The lowest BCUT2D eigenvalue weighted by Gasteiger charge is -2.22. The van der Waals surface area contributed by atoms with Gasteiger partial charge in [0.1, 0.15) is 12.1 Å². The highest BCUT2D eigenvalue weighted by Crippen LogP contribution is 2.31. The summed E-state index contributed by atoms with van der Waals surface area (Å²) in [6, 6.07) is 9.64. The molecule has 2 aromatic carbocycles. The summed E-state index contributed by atoms with van der Waals surface area (Å²) in [5.41, 5.74) is 1.79. The largest absolute Gasteiger partial charge is 0.486 e. The quantitative estimate of drug-likeness (QED) is 0.713. The molecule has 1 fully saturated rings. The van der Waals surface area contributed by atoms with Crippen molar-refractivity contribution in [3.05, 3.63) is 59.4 Å². The summed E-state index contributed by atoms with van der Waals surface area (Å²) in [7, 11) is -2.76. The maximum absolute atomic E-state index is 13.9. The fraction of sp³-hybridized carbons (Fsp3) is 0.350. The maximum Gasteiger partial charge on any atom is 0.324 e. The van der Waals surface area contributed by atoms with Crippen LogP contribution in [0.25, 0.3) is 0 Å². The van der Waals surface area contributed by atoms with Crippen molar-refractivity contribution in [2.45, 2.75) is 37.3 Å². The van der Waals surface area contributed by atoms with E-state index in [-0.39, 0.29) is 23.6 Å². The van der Waals surface area contributed by atoms with E-state index in [1.807, 2.05) is 13.8 Å². The summed E-state index contributed by atoms with van der Waals surface area (Å²) < 4.78 is 51.8. The molecular weight excluding hydrogens is 385 g/mol. The highest BCUT2D eigenvalue weighted by Gasteiger charge is 2.45. The lowest BCUT2D eigenvalue weighted by molar-refractivity contribution is -0.144. The maximum atomic E-state index is 13.9. The average molecular weight is 407 g/mol. The molecule has 0 aliphatic carbocycles. The van der Waals surface area contributed by atoms with Gasteiger partial charge in [0, 0.05) is 6.42 Å². The molecule has 2 unspecified atom stereocenters. The highest BCUT2D eigenvalue weighted by molar-refractivity contribution is 7.89. The zero-order valence-electron chi connectivity index (χ0n) is 15.9. The molecule has 3 rings (SSSR count). The van der Waals surface area contributed by atoms with Gasteiger partial charge in [0.05, 0.1) is 18.6 Å². The normalized spacial score (nSPS) is 20.1. The van der Waals surface area contributed by atoms with Crippen LogP contribution in [0.4, 0.5) is 4.39 Å². The molecule has 0 spiro atoms. The average Bonchev–Trinajstić information content (AvgIpc) is 3.10. The number of carbonyl (C=O) groups excluding carboxylic acids is 1. The van der Waals surface area contributed by atoms with Crippen molar-refractivity contribution in [1.82, 2.24) is 4.31 Å². The monoisotopic (exact) mass is 407 g/mol. The Morgan fingerprint density at radius 1 is 1.14 bits per heavy atom. The van der Waals surface area contributed by atoms with Crippen LogP contribution >= 0.6 is 0 Å². The van der Waals surface area contributed by atoms with Crippen molar-refractivity contribution >= 4 is 16.0 Å². The van der Waals surface area contributed by atoms with Crippen LogP contribution in [0.5, 0.6) is 5.75 Å². The number of rotatable bonds is 5. The van der Waals surface area contributed by atoms with Crippen LogP contribution in [0.3, 0.4) is 0 Å². The third kappa shape index (κ3) is 3.88. The molecule has 1 heterocycles. The molecule has 0 amide bonds. The van der Waals surface area contributed by atoms with E-state index in [9.17, 15) is 17.6 Å². The van der Waals surface area contributed by atoms with E-state index in [0.29, 0.717) is 0 Å². The number of halogens is 1. The van der Waals surface area contributed by atoms with Crippen LogP contribution in [0.1, 0.15) is 17.5 Å². The molecule has 28 heavy (non-hydrogen) atoms. The Balaban J connectivity index is 1.91. The summed E-state index contributed by atoms with van der Waals surface area (Å²) in [5.74, 6) is -1.21. The molecule has 2 aromatic rings. The molecule has 0 saturated carbocycles. The zero-order valence-corrected chi connectivity index (χ0v) is 16.7. The topological polar surface area (TPSA) is 72.9 Å². The van der Waals surface area contributed by atoms with Crippen LogP contribution in [-0.2, 0) is 19.6 Å². The van der Waals surface area contributed by atoms with Crippen molar-refractivity contribution < 1.29 is 27.1 Å². The first-order valence-corrected chi connectivity index (χ1v) is 10.3. The van der Waals surface area contributed by atoms with Gasteiger partial charge in [-0.3, -0.25) is 4.79 Å². The van der Waals surface area contributed by atoms with E-state index in [4.69, 9.17) is 9.47 Å². The van der Waals surface area contributed by atoms with Gasteiger partial charge in [0.2, 0.25) is 10.0 Å². The summed E-state index contributed by atoms with van der Waals surface area (Å²) in [6.07, 6.45) is -0.604. The Labute approximate surface area is 163 Å². The molecule has 8 heteroatoms. The smallest absolute Gasteiger partial charge is 0.324 e. The Morgan fingerprint density at radius 2 is 1.86 bits per heavy atom. The molecule has 1 saturated heterocycles. The predicted octanol–water partition coefficient (Wildman–Crippen LogP) is 2.83. The number of aryl methyl sites for hydroxylation is 2. The first kappa shape index (κ1) is 20.3. The van der Waals surface area contributed by atoms with Crippen LogP contribution in [0, 0.1) is 19.7 Å². The molecule has 0 radical (unpaired) electrons. The first-order chi connectivity index (χ1) is 13.2. The molecular formula is C20H22FNO5S. The SMILES string of the molecule is COC(=O)C1CC(Oc2ccccc2F)CN1S(=O)(=O)c1ccc(C)c(C)c1. The van der Waals surface area contributed by atoms with E-state index < -0.39 is 34.0 Å². The van der Waals surface area contributed by atoms with Crippen molar-refractivity contribution in [3.8, 4) is 5.75 Å². The van der Waals surface area contributed by atoms with Gasteiger partial charge in [-0.2, -0.15) is 4.31 Å². The van der Waals surface area contributed by atoms with E-state index in [2.05, 4.69) is 0 Å². The van der Waals surface area contributed by atoms with E-state index in [0.717, 1.165) is 15.4 Å². The number of ether oxygens (including phenoxy) is 2. The number of methoxy groups -OCH3 is 1.